The Morgan fingerprint density at radius 2 is 1.71 bits per heavy atom. The van der Waals surface area contributed by atoms with Crippen LogP contribution < -0.4 is 10.2 Å². The van der Waals surface area contributed by atoms with Gasteiger partial charge in [-0.2, -0.15) is 0 Å². The monoisotopic (exact) mass is 381 g/mol. The number of rotatable bonds is 4. The highest BCUT2D eigenvalue weighted by molar-refractivity contribution is 5.92. The summed E-state index contributed by atoms with van der Waals surface area (Å²) in [5.41, 5.74) is 2.18. The van der Waals surface area contributed by atoms with Gasteiger partial charge in [-0.15, -0.1) is 0 Å². The summed E-state index contributed by atoms with van der Waals surface area (Å²) in [5, 5.41) is 3.19. The number of nitrogens with zero attached hydrogens (tertiary/aromatic N) is 2. The van der Waals surface area contributed by atoms with Crippen LogP contribution in [0.2, 0.25) is 0 Å². The lowest BCUT2D eigenvalue weighted by Gasteiger charge is -2.44. The summed E-state index contributed by atoms with van der Waals surface area (Å²) in [5.74, 6) is 1.63. The van der Waals surface area contributed by atoms with E-state index in [9.17, 15) is 4.79 Å². The minimum atomic E-state index is -0.102. The molecule has 28 heavy (non-hydrogen) atoms. The molecule has 0 aliphatic carbocycles. The molecule has 1 atom stereocenters. The molecule has 1 aromatic heterocycles. The predicted molar refractivity (Wildman–Crippen MR) is 108 cm³/mol. The second-order valence-electron chi connectivity index (χ2n) is 8.03. The Kier molecular flexibility index (Phi) is 4.82. The predicted octanol–water partition coefficient (Wildman–Crippen LogP) is 2.61. The van der Waals surface area contributed by atoms with Gasteiger partial charge in [-0.1, -0.05) is 0 Å². The van der Waals surface area contributed by atoms with Crippen LogP contribution in [0.5, 0.6) is 0 Å². The summed E-state index contributed by atoms with van der Waals surface area (Å²) in [7, 11) is 0. The molecule has 1 aromatic carbocycles. The topological polar surface area (TPSA) is 58.0 Å². The average molecular weight is 381 g/mol. The van der Waals surface area contributed by atoms with E-state index in [1.807, 2.05) is 6.07 Å². The third-order valence-electron chi connectivity index (χ3n) is 6.33. The second-order valence-corrected chi connectivity index (χ2v) is 8.03. The van der Waals surface area contributed by atoms with E-state index < -0.39 is 0 Å². The first kappa shape index (κ1) is 17.8. The van der Waals surface area contributed by atoms with Gasteiger partial charge in [-0.3, -0.25) is 4.79 Å². The first-order chi connectivity index (χ1) is 13.8. The standard InChI is InChI=1S/C22H27N3O3/c26-22(23-19-15-24-9-7-16(19)8-10-24)21-6-5-20(28-21)17-1-3-18(4-2-17)25-11-13-27-14-12-25/h1-6,16,19H,7-15H2,(H,23,26). The summed E-state index contributed by atoms with van der Waals surface area (Å²) in [6.45, 7) is 6.70. The zero-order chi connectivity index (χ0) is 18.9. The van der Waals surface area contributed by atoms with Gasteiger partial charge in [0.15, 0.2) is 5.76 Å². The lowest BCUT2D eigenvalue weighted by Crippen LogP contribution is -2.57. The van der Waals surface area contributed by atoms with Gasteiger partial charge in [-0.05, 0) is 68.2 Å². The van der Waals surface area contributed by atoms with Crippen molar-refractivity contribution in [3.05, 3.63) is 42.2 Å². The highest BCUT2D eigenvalue weighted by Crippen LogP contribution is 2.29. The largest absolute Gasteiger partial charge is 0.451 e. The molecular weight excluding hydrogens is 354 g/mol. The molecule has 4 fully saturated rings. The van der Waals surface area contributed by atoms with Crippen LogP contribution in [0.4, 0.5) is 5.69 Å². The van der Waals surface area contributed by atoms with Crippen molar-refractivity contribution in [3.63, 3.8) is 0 Å². The number of fused-ring (bicyclic) bond motifs is 3. The Morgan fingerprint density at radius 3 is 2.39 bits per heavy atom. The Balaban J connectivity index is 1.24. The number of morpholine rings is 1. The number of benzene rings is 1. The fraction of sp³-hybridized carbons (Fsp3) is 0.500. The van der Waals surface area contributed by atoms with Crippen LogP contribution in [-0.2, 0) is 4.74 Å². The van der Waals surface area contributed by atoms with E-state index in [1.165, 1.54) is 31.6 Å². The zero-order valence-corrected chi connectivity index (χ0v) is 16.1. The Hall–Kier alpha value is -2.31. The third kappa shape index (κ3) is 3.54. The number of furan rings is 1. The lowest BCUT2D eigenvalue weighted by molar-refractivity contribution is 0.0606. The maximum absolute atomic E-state index is 12.7. The van der Waals surface area contributed by atoms with E-state index in [-0.39, 0.29) is 11.9 Å². The molecule has 0 radical (unpaired) electrons. The van der Waals surface area contributed by atoms with Crippen molar-refractivity contribution in [1.82, 2.24) is 10.2 Å². The van der Waals surface area contributed by atoms with Gasteiger partial charge in [0.25, 0.3) is 5.91 Å². The smallest absolute Gasteiger partial charge is 0.287 e. The van der Waals surface area contributed by atoms with E-state index >= 15 is 0 Å². The highest BCUT2D eigenvalue weighted by atomic mass is 16.5. The van der Waals surface area contributed by atoms with E-state index in [2.05, 4.69) is 39.4 Å². The molecule has 0 saturated carbocycles. The third-order valence-corrected chi connectivity index (χ3v) is 6.33. The van der Waals surface area contributed by atoms with Crippen molar-refractivity contribution >= 4 is 11.6 Å². The van der Waals surface area contributed by atoms with Gasteiger partial charge in [-0.25, -0.2) is 0 Å². The molecule has 0 spiro atoms. The van der Waals surface area contributed by atoms with Gasteiger partial charge in [0.05, 0.1) is 13.2 Å². The molecular formula is C22H27N3O3. The normalized spacial score (nSPS) is 27.0. The fourth-order valence-electron chi connectivity index (χ4n) is 4.64. The van der Waals surface area contributed by atoms with Crippen LogP contribution in [0, 0.1) is 5.92 Å². The number of amides is 1. The number of anilines is 1. The zero-order valence-electron chi connectivity index (χ0n) is 16.1. The molecule has 5 heterocycles. The van der Waals surface area contributed by atoms with E-state index in [0.29, 0.717) is 11.7 Å². The molecule has 1 N–H and O–H groups in total. The van der Waals surface area contributed by atoms with Crippen molar-refractivity contribution in [1.29, 1.82) is 0 Å². The minimum Gasteiger partial charge on any atom is -0.451 e. The molecule has 2 aromatic rings. The number of ether oxygens (including phenoxy) is 1. The Morgan fingerprint density at radius 1 is 0.964 bits per heavy atom. The van der Waals surface area contributed by atoms with Gasteiger partial charge < -0.3 is 24.3 Å². The van der Waals surface area contributed by atoms with Crippen molar-refractivity contribution < 1.29 is 13.9 Å². The number of hydrogen-bond acceptors (Lipinski definition) is 5. The first-order valence-corrected chi connectivity index (χ1v) is 10.3. The van der Waals surface area contributed by atoms with Crippen molar-refractivity contribution in [2.24, 2.45) is 5.92 Å². The molecule has 6 rings (SSSR count). The van der Waals surface area contributed by atoms with Gasteiger partial charge in [0, 0.05) is 36.9 Å². The van der Waals surface area contributed by atoms with Crippen LogP contribution in [0.3, 0.4) is 0 Å². The van der Waals surface area contributed by atoms with Crippen molar-refractivity contribution in [3.8, 4) is 11.3 Å². The van der Waals surface area contributed by atoms with Gasteiger partial charge >= 0.3 is 0 Å². The minimum absolute atomic E-state index is 0.102. The van der Waals surface area contributed by atoms with E-state index in [4.69, 9.17) is 9.15 Å². The maximum atomic E-state index is 12.7. The molecule has 6 nitrogen and oxygen atoms in total. The molecule has 1 unspecified atom stereocenters. The van der Waals surface area contributed by atoms with Crippen LogP contribution in [-0.4, -0.2) is 62.8 Å². The Labute approximate surface area is 165 Å². The molecule has 2 bridgehead atoms. The summed E-state index contributed by atoms with van der Waals surface area (Å²) in [4.78, 5) is 17.4. The van der Waals surface area contributed by atoms with Crippen LogP contribution >= 0.6 is 0 Å². The number of nitrogens with one attached hydrogen (secondary N) is 1. The lowest BCUT2D eigenvalue weighted by atomic mass is 9.84. The maximum Gasteiger partial charge on any atom is 0.287 e. The first-order valence-electron chi connectivity index (χ1n) is 10.3. The second kappa shape index (κ2) is 7.60. The fourth-order valence-corrected chi connectivity index (χ4v) is 4.64. The molecule has 4 aliphatic heterocycles. The molecule has 148 valence electrons. The molecule has 4 saturated heterocycles. The number of piperidine rings is 3. The summed E-state index contributed by atoms with van der Waals surface area (Å²) < 4.78 is 11.3. The van der Waals surface area contributed by atoms with E-state index in [0.717, 1.165) is 44.2 Å². The quantitative estimate of drug-likeness (QED) is 0.882. The summed E-state index contributed by atoms with van der Waals surface area (Å²) >= 11 is 0. The Bertz CT molecular complexity index is 818. The van der Waals surface area contributed by atoms with Crippen LogP contribution in [0.25, 0.3) is 11.3 Å². The summed E-state index contributed by atoms with van der Waals surface area (Å²) in [6, 6.07) is 12.2. The van der Waals surface area contributed by atoms with Crippen LogP contribution in [0.15, 0.2) is 40.8 Å². The number of carbonyl (C=O) groups excluding carboxylic acids is 1. The van der Waals surface area contributed by atoms with Crippen molar-refractivity contribution in [2.75, 3.05) is 50.8 Å². The number of hydrogen-bond donors (Lipinski definition) is 1. The molecule has 4 aliphatic rings. The molecule has 6 heteroatoms. The van der Waals surface area contributed by atoms with E-state index in [1.54, 1.807) is 6.07 Å². The SMILES string of the molecule is O=C(NC1CN2CCC1CC2)c1ccc(-c2ccc(N3CCOCC3)cc2)o1. The highest BCUT2D eigenvalue weighted by Gasteiger charge is 2.35. The van der Waals surface area contributed by atoms with Gasteiger partial charge in [0.2, 0.25) is 0 Å². The van der Waals surface area contributed by atoms with Crippen molar-refractivity contribution in [2.45, 2.75) is 18.9 Å². The van der Waals surface area contributed by atoms with Crippen LogP contribution in [0.1, 0.15) is 23.4 Å². The summed E-state index contributed by atoms with van der Waals surface area (Å²) in [6.07, 6.45) is 2.37. The number of carbonyl (C=O) groups is 1. The van der Waals surface area contributed by atoms with Gasteiger partial charge in [0.1, 0.15) is 5.76 Å². The average Bonchev–Trinajstić information content (AvgIpc) is 3.26. The molecule has 1 amide bonds.